The van der Waals surface area contributed by atoms with Crippen molar-refractivity contribution in [2.24, 2.45) is 0 Å². The number of aromatic carboxylic acids is 1. The van der Waals surface area contributed by atoms with E-state index in [1.165, 1.54) is 19.2 Å². The van der Waals surface area contributed by atoms with E-state index in [-0.39, 0.29) is 17.1 Å². The van der Waals surface area contributed by atoms with Crippen LogP contribution in [0.1, 0.15) is 15.9 Å². The van der Waals surface area contributed by atoms with Crippen LogP contribution in [0.5, 0.6) is 17.2 Å². The van der Waals surface area contributed by atoms with E-state index in [0.717, 1.165) is 12.1 Å². The molecule has 0 radical (unpaired) electrons. The van der Waals surface area contributed by atoms with Crippen LogP contribution in [-0.4, -0.2) is 23.1 Å². The second-order valence-electron chi connectivity index (χ2n) is 4.71. The maximum absolute atomic E-state index is 12.7. The molecule has 0 fully saturated rings. The quantitative estimate of drug-likeness (QED) is 0.638. The summed E-state index contributed by atoms with van der Waals surface area (Å²) in [6.07, 6.45) is -4.76. The zero-order valence-electron chi connectivity index (χ0n) is 12.5. The highest BCUT2D eigenvalue weighted by molar-refractivity contribution is 5.88. The van der Waals surface area contributed by atoms with Crippen LogP contribution < -0.4 is 9.47 Å². The van der Waals surface area contributed by atoms with Crippen LogP contribution in [-0.2, 0) is 6.18 Å². The summed E-state index contributed by atoms with van der Waals surface area (Å²) in [6.45, 7) is 0. The molecule has 2 aromatic carbocycles. The second-order valence-corrected chi connectivity index (χ2v) is 4.71. The first kappa shape index (κ1) is 18.0. The lowest BCUT2D eigenvalue weighted by Crippen LogP contribution is -2.06. The van der Waals surface area contributed by atoms with Crippen LogP contribution in [0, 0.1) is 10.1 Å². The van der Waals surface area contributed by atoms with Crippen molar-refractivity contribution in [2.75, 3.05) is 7.11 Å². The number of rotatable bonds is 5. The largest absolute Gasteiger partial charge is 0.493 e. The van der Waals surface area contributed by atoms with Crippen LogP contribution in [0.15, 0.2) is 36.4 Å². The number of alkyl halides is 3. The van der Waals surface area contributed by atoms with Crippen molar-refractivity contribution in [1.29, 1.82) is 0 Å². The fraction of sp³-hybridized carbons (Fsp3) is 0.133. The average Bonchev–Trinajstić information content (AvgIpc) is 2.53. The number of carboxylic acids is 1. The molecule has 2 rings (SSSR count). The lowest BCUT2D eigenvalue weighted by molar-refractivity contribution is -0.385. The zero-order valence-corrected chi connectivity index (χ0v) is 12.5. The highest BCUT2D eigenvalue weighted by atomic mass is 19.4. The minimum Gasteiger partial charge on any atom is -0.493 e. The van der Waals surface area contributed by atoms with Gasteiger partial charge in [0.15, 0.2) is 11.5 Å². The summed E-state index contributed by atoms with van der Waals surface area (Å²) in [5.41, 5.74) is -2.32. The third kappa shape index (κ3) is 3.97. The minimum atomic E-state index is -4.76. The molecule has 0 unspecified atom stereocenters. The summed E-state index contributed by atoms with van der Waals surface area (Å²) in [7, 11) is 1.25. The molecule has 25 heavy (non-hydrogen) atoms. The molecule has 0 amide bonds. The molecule has 10 heteroatoms. The number of nitro benzene ring substituents is 1. The number of halogens is 3. The fourth-order valence-electron chi connectivity index (χ4n) is 1.93. The summed E-state index contributed by atoms with van der Waals surface area (Å²) >= 11 is 0. The number of benzene rings is 2. The van der Waals surface area contributed by atoms with Gasteiger partial charge in [-0.25, -0.2) is 4.79 Å². The molecular formula is C15H10F3NO6. The van der Waals surface area contributed by atoms with Gasteiger partial charge >= 0.3 is 17.8 Å². The van der Waals surface area contributed by atoms with Crippen molar-refractivity contribution in [3.63, 3.8) is 0 Å². The third-order valence-electron chi connectivity index (χ3n) is 3.11. The minimum absolute atomic E-state index is 0.0548. The van der Waals surface area contributed by atoms with Gasteiger partial charge in [-0.2, -0.15) is 13.2 Å². The van der Waals surface area contributed by atoms with Gasteiger partial charge in [0.2, 0.25) is 5.75 Å². The highest BCUT2D eigenvalue weighted by Crippen LogP contribution is 2.40. The first-order valence-corrected chi connectivity index (χ1v) is 6.58. The van der Waals surface area contributed by atoms with Gasteiger partial charge in [-0.05, 0) is 30.3 Å². The van der Waals surface area contributed by atoms with Crippen molar-refractivity contribution in [2.45, 2.75) is 6.18 Å². The smallest absolute Gasteiger partial charge is 0.416 e. The molecule has 0 aliphatic rings. The van der Waals surface area contributed by atoms with Gasteiger partial charge in [0.05, 0.1) is 23.2 Å². The van der Waals surface area contributed by atoms with Gasteiger partial charge in [0, 0.05) is 6.07 Å². The van der Waals surface area contributed by atoms with Crippen LogP contribution in [0.25, 0.3) is 0 Å². The van der Waals surface area contributed by atoms with Crippen molar-refractivity contribution in [1.82, 2.24) is 0 Å². The molecule has 0 spiro atoms. The molecule has 0 aliphatic carbocycles. The third-order valence-corrected chi connectivity index (χ3v) is 3.11. The Balaban J connectivity index is 2.51. The Kier molecular flexibility index (Phi) is 4.82. The number of methoxy groups -OCH3 is 1. The van der Waals surface area contributed by atoms with Gasteiger partial charge < -0.3 is 14.6 Å². The van der Waals surface area contributed by atoms with Crippen LogP contribution in [0.4, 0.5) is 18.9 Å². The van der Waals surface area contributed by atoms with E-state index >= 15 is 0 Å². The summed E-state index contributed by atoms with van der Waals surface area (Å²) in [5, 5.41) is 20.0. The lowest BCUT2D eigenvalue weighted by atomic mass is 10.1. The van der Waals surface area contributed by atoms with Crippen molar-refractivity contribution >= 4 is 11.7 Å². The van der Waals surface area contributed by atoms with Crippen LogP contribution in [0.2, 0.25) is 0 Å². The Morgan fingerprint density at radius 2 is 1.76 bits per heavy atom. The topological polar surface area (TPSA) is 98.9 Å². The van der Waals surface area contributed by atoms with Crippen molar-refractivity contribution in [3.8, 4) is 17.2 Å². The van der Waals surface area contributed by atoms with E-state index in [0.29, 0.717) is 12.1 Å². The number of nitrogens with zero attached hydrogens (tertiary/aromatic N) is 1. The molecule has 0 atom stereocenters. The van der Waals surface area contributed by atoms with E-state index in [9.17, 15) is 28.1 Å². The molecular weight excluding hydrogens is 347 g/mol. The number of ether oxygens (including phenoxy) is 2. The normalized spacial score (nSPS) is 11.0. The van der Waals surface area contributed by atoms with Gasteiger partial charge in [0.1, 0.15) is 0 Å². The van der Waals surface area contributed by atoms with Crippen molar-refractivity contribution in [3.05, 3.63) is 57.6 Å². The zero-order chi connectivity index (χ0) is 18.8. The summed E-state index contributed by atoms with van der Waals surface area (Å²) in [5.74, 6) is -1.90. The highest BCUT2D eigenvalue weighted by Gasteiger charge is 2.33. The Bertz CT molecular complexity index is 835. The molecule has 2 aromatic rings. The number of carbonyl (C=O) groups is 1. The van der Waals surface area contributed by atoms with E-state index in [1.807, 2.05) is 0 Å². The Morgan fingerprint density at radius 1 is 1.12 bits per heavy atom. The molecule has 0 bridgehead atoms. The number of hydrogen-bond acceptors (Lipinski definition) is 5. The van der Waals surface area contributed by atoms with Gasteiger partial charge in [-0.3, -0.25) is 10.1 Å². The molecule has 0 saturated carbocycles. The molecule has 0 saturated heterocycles. The molecule has 1 N–H and O–H groups in total. The standard InChI is InChI=1S/C15H10F3NO6/c1-24-12-4-2-8(14(20)21)6-13(12)25-11-5-3-9(15(16,17)18)7-10(11)19(22)23/h2-7H,1H3,(H,20,21). The molecule has 132 valence electrons. The van der Waals surface area contributed by atoms with E-state index in [2.05, 4.69) is 0 Å². The molecule has 7 nitrogen and oxygen atoms in total. The van der Waals surface area contributed by atoms with E-state index in [1.54, 1.807) is 0 Å². The predicted molar refractivity (Wildman–Crippen MR) is 78.1 cm³/mol. The summed E-state index contributed by atoms with van der Waals surface area (Å²) in [6, 6.07) is 5.26. The van der Waals surface area contributed by atoms with Crippen LogP contribution >= 0.6 is 0 Å². The average molecular weight is 357 g/mol. The monoisotopic (exact) mass is 357 g/mol. The molecule has 0 aliphatic heterocycles. The lowest BCUT2D eigenvalue weighted by Gasteiger charge is -2.12. The van der Waals surface area contributed by atoms with Gasteiger partial charge in [-0.1, -0.05) is 0 Å². The molecule has 0 heterocycles. The number of carboxylic acid groups (broad SMARTS) is 1. The first-order chi connectivity index (χ1) is 11.6. The van der Waals surface area contributed by atoms with E-state index in [4.69, 9.17) is 14.6 Å². The Morgan fingerprint density at radius 3 is 2.28 bits per heavy atom. The van der Waals surface area contributed by atoms with Crippen molar-refractivity contribution < 1.29 is 37.5 Å². The second kappa shape index (κ2) is 6.67. The summed E-state index contributed by atoms with van der Waals surface area (Å²) in [4.78, 5) is 21.0. The first-order valence-electron chi connectivity index (χ1n) is 6.58. The SMILES string of the molecule is COc1ccc(C(=O)O)cc1Oc1ccc(C(F)(F)F)cc1[N+](=O)[O-]. The van der Waals surface area contributed by atoms with E-state index < -0.39 is 34.1 Å². The Hall–Kier alpha value is -3.30. The predicted octanol–water partition coefficient (Wildman–Crippen LogP) is 4.11. The number of hydrogen-bond donors (Lipinski definition) is 1. The maximum Gasteiger partial charge on any atom is 0.416 e. The summed E-state index contributed by atoms with van der Waals surface area (Å²) < 4.78 is 48.3. The fourth-order valence-corrected chi connectivity index (χ4v) is 1.93. The van der Waals surface area contributed by atoms with Crippen LogP contribution in [0.3, 0.4) is 0 Å². The Labute approximate surface area is 138 Å². The maximum atomic E-state index is 12.7. The number of nitro groups is 1. The molecule has 0 aromatic heterocycles. The van der Waals surface area contributed by atoms with Gasteiger partial charge in [0.25, 0.3) is 0 Å². The van der Waals surface area contributed by atoms with Gasteiger partial charge in [-0.15, -0.1) is 0 Å².